The molecule has 0 aliphatic heterocycles. The van der Waals surface area contributed by atoms with Crippen LogP contribution in [0.15, 0.2) is 48.5 Å². The third-order valence-electron chi connectivity index (χ3n) is 5.26. The number of benzene rings is 2. The summed E-state index contributed by atoms with van der Waals surface area (Å²) in [5, 5.41) is 0. The summed E-state index contributed by atoms with van der Waals surface area (Å²) in [6, 6.07) is 14.3. The topological polar surface area (TPSA) is 71.1 Å². The SMILES string of the molecule is [CH2]CCCCCC[C](OOC(=O)c1ccc(CCC)cc1)OOC(=O)c1ccc(CCC)cc1. The van der Waals surface area contributed by atoms with Crippen molar-refractivity contribution in [3.8, 4) is 0 Å². The van der Waals surface area contributed by atoms with Gasteiger partial charge in [-0.25, -0.2) is 9.59 Å². The van der Waals surface area contributed by atoms with E-state index >= 15 is 0 Å². The Morgan fingerprint density at radius 3 is 1.50 bits per heavy atom. The van der Waals surface area contributed by atoms with Crippen LogP contribution >= 0.6 is 0 Å². The van der Waals surface area contributed by atoms with Crippen molar-refractivity contribution in [3.05, 3.63) is 84.0 Å². The molecule has 6 nitrogen and oxygen atoms in total. The molecular formula is C28H36O6. The van der Waals surface area contributed by atoms with Gasteiger partial charge in [-0.3, -0.25) is 9.78 Å². The number of hydrogen-bond donors (Lipinski definition) is 0. The Kier molecular flexibility index (Phi) is 13.0. The average Bonchev–Trinajstić information content (AvgIpc) is 2.86. The highest BCUT2D eigenvalue weighted by molar-refractivity contribution is 5.89. The average molecular weight is 469 g/mol. The molecule has 0 aliphatic rings. The van der Waals surface area contributed by atoms with Gasteiger partial charge in [0.25, 0.3) is 0 Å². The second-order valence-electron chi connectivity index (χ2n) is 8.19. The van der Waals surface area contributed by atoms with Gasteiger partial charge in [-0.1, -0.05) is 83.6 Å². The summed E-state index contributed by atoms with van der Waals surface area (Å²) in [4.78, 5) is 44.9. The van der Waals surface area contributed by atoms with E-state index in [9.17, 15) is 9.59 Å². The van der Waals surface area contributed by atoms with E-state index in [-0.39, 0.29) is 6.29 Å². The molecule has 0 atom stereocenters. The zero-order valence-corrected chi connectivity index (χ0v) is 20.3. The molecule has 34 heavy (non-hydrogen) atoms. The van der Waals surface area contributed by atoms with E-state index in [4.69, 9.17) is 19.6 Å². The van der Waals surface area contributed by atoms with Crippen LogP contribution in [-0.2, 0) is 32.4 Å². The highest BCUT2D eigenvalue weighted by atomic mass is 17.3. The molecule has 0 saturated carbocycles. The molecule has 184 valence electrons. The highest BCUT2D eigenvalue weighted by Crippen LogP contribution is 2.19. The summed E-state index contributed by atoms with van der Waals surface area (Å²) in [6.45, 7) is 8.03. The van der Waals surface area contributed by atoms with Gasteiger partial charge < -0.3 is 0 Å². The Balaban J connectivity index is 1.89. The van der Waals surface area contributed by atoms with Gasteiger partial charge in [0.05, 0.1) is 11.1 Å². The standard InChI is InChI=1S/C28H36O6/c1-4-7-8-9-10-13-26(31-33-27(29)24-18-14-22(11-5-2)15-19-24)32-34-28(30)25-20-16-23(12-6-3)17-21-25/h14-21H,1,4-13H2,2-3H3. The van der Waals surface area contributed by atoms with Crippen LogP contribution in [0.5, 0.6) is 0 Å². The van der Waals surface area contributed by atoms with Gasteiger partial charge in [0.15, 0.2) is 0 Å². The Hall–Kier alpha value is -2.70. The van der Waals surface area contributed by atoms with Crippen molar-refractivity contribution in [2.24, 2.45) is 0 Å². The predicted molar refractivity (Wildman–Crippen MR) is 130 cm³/mol. The van der Waals surface area contributed by atoms with Gasteiger partial charge in [0.1, 0.15) is 0 Å². The van der Waals surface area contributed by atoms with E-state index in [1.807, 2.05) is 24.3 Å². The maximum Gasteiger partial charge on any atom is 0.373 e. The normalized spacial score (nSPS) is 10.9. The highest BCUT2D eigenvalue weighted by Gasteiger charge is 2.21. The van der Waals surface area contributed by atoms with Crippen molar-refractivity contribution in [2.45, 2.75) is 78.1 Å². The number of hydrogen-bond acceptors (Lipinski definition) is 6. The minimum absolute atomic E-state index is 0.0819. The smallest absolute Gasteiger partial charge is 0.289 e. The third-order valence-corrected chi connectivity index (χ3v) is 5.26. The summed E-state index contributed by atoms with van der Waals surface area (Å²) in [5.74, 6) is -1.31. The quantitative estimate of drug-likeness (QED) is 0.148. The Bertz CT molecular complexity index is 779. The lowest BCUT2D eigenvalue weighted by Crippen LogP contribution is -2.16. The maximum absolute atomic E-state index is 12.3. The number of aryl methyl sites for hydroxylation is 2. The molecule has 0 heterocycles. The first-order valence-corrected chi connectivity index (χ1v) is 12.2. The molecule has 2 aromatic carbocycles. The molecule has 2 radical (unpaired) electrons. The van der Waals surface area contributed by atoms with E-state index in [0.29, 0.717) is 17.5 Å². The largest absolute Gasteiger partial charge is 0.373 e. The van der Waals surface area contributed by atoms with Gasteiger partial charge in [0, 0.05) is 6.42 Å². The summed E-state index contributed by atoms with van der Waals surface area (Å²) in [6.07, 6.45) is 8.76. The van der Waals surface area contributed by atoms with E-state index in [0.717, 1.165) is 68.9 Å². The molecule has 0 spiro atoms. The molecule has 2 aromatic rings. The summed E-state index contributed by atoms with van der Waals surface area (Å²) < 4.78 is 0. The Morgan fingerprint density at radius 1 is 0.647 bits per heavy atom. The monoisotopic (exact) mass is 468 g/mol. The second kappa shape index (κ2) is 16.0. The molecule has 0 N–H and O–H groups in total. The minimum Gasteiger partial charge on any atom is -0.289 e. The van der Waals surface area contributed by atoms with Crippen LogP contribution < -0.4 is 0 Å². The number of rotatable bonds is 16. The molecular weight excluding hydrogens is 432 g/mol. The van der Waals surface area contributed by atoms with Crippen molar-refractivity contribution in [1.29, 1.82) is 0 Å². The molecule has 0 bridgehead atoms. The number of unbranched alkanes of at least 4 members (excludes halogenated alkanes) is 4. The molecule has 0 aliphatic carbocycles. The third kappa shape index (κ3) is 10.1. The molecule has 2 rings (SSSR count). The van der Waals surface area contributed by atoms with Crippen LogP contribution in [0.4, 0.5) is 0 Å². The van der Waals surface area contributed by atoms with Crippen LogP contribution in [0.1, 0.15) is 97.1 Å². The van der Waals surface area contributed by atoms with Crippen molar-refractivity contribution in [2.75, 3.05) is 0 Å². The van der Waals surface area contributed by atoms with E-state index in [2.05, 4.69) is 20.8 Å². The predicted octanol–water partition coefficient (Wildman–Crippen LogP) is 7.13. The fourth-order valence-corrected chi connectivity index (χ4v) is 3.35. The van der Waals surface area contributed by atoms with Crippen molar-refractivity contribution in [1.82, 2.24) is 0 Å². The minimum atomic E-state index is -0.654. The van der Waals surface area contributed by atoms with Crippen LogP contribution in [0.3, 0.4) is 0 Å². The van der Waals surface area contributed by atoms with E-state index < -0.39 is 11.9 Å². The maximum atomic E-state index is 12.3. The van der Waals surface area contributed by atoms with Crippen LogP contribution in [0, 0.1) is 13.2 Å². The van der Waals surface area contributed by atoms with Crippen LogP contribution in [0.2, 0.25) is 0 Å². The van der Waals surface area contributed by atoms with Crippen LogP contribution in [0.25, 0.3) is 0 Å². The van der Waals surface area contributed by atoms with Gasteiger partial charge in [-0.15, -0.1) is 9.78 Å². The van der Waals surface area contributed by atoms with Crippen LogP contribution in [-0.4, -0.2) is 11.9 Å². The molecule has 0 aromatic heterocycles. The van der Waals surface area contributed by atoms with Gasteiger partial charge in [-0.2, -0.15) is 0 Å². The van der Waals surface area contributed by atoms with E-state index in [1.54, 1.807) is 24.3 Å². The fraction of sp³-hybridized carbons (Fsp3) is 0.429. The zero-order chi connectivity index (χ0) is 24.6. The van der Waals surface area contributed by atoms with Gasteiger partial charge in [0.2, 0.25) is 0 Å². The number of carbonyl (C=O) groups excluding carboxylic acids is 2. The lowest BCUT2D eigenvalue weighted by Gasteiger charge is -2.14. The van der Waals surface area contributed by atoms with Gasteiger partial charge in [-0.05, 0) is 54.7 Å². The van der Waals surface area contributed by atoms with Gasteiger partial charge >= 0.3 is 18.2 Å². The lowest BCUT2D eigenvalue weighted by atomic mass is 10.1. The second-order valence-corrected chi connectivity index (χ2v) is 8.19. The lowest BCUT2D eigenvalue weighted by molar-refractivity contribution is -0.363. The number of carbonyl (C=O) groups is 2. The summed E-state index contributed by atoms with van der Waals surface area (Å²) in [7, 11) is 0. The molecule has 6 heteroatoms. The van der Waals surface area contributed by atoms with Crippen molar-refractivity contribution < 1.29 is 29.1 Å². The molecule has 0 saturated heterocycles. The molecule has 0 amide bonds. The molecule has 0 fully saturated rings. The molecule has 0 unspecified atom stereocenters. The first-order valence-electron chi connectivity index (χ1n) is 12.2. The summed E-state index contributed by atoms with van der Waals surface area (Å²) in [5.41, 5.74) is 3.01. The Morgan fingerprint density at radius 2 is 1.09 bits per heavy atom. The fourth-order valence-electron chi connectivity index (χ4n) is 3.35. The zero-order valence-electron chi connectivity index (χ0n) is 20.3. The summed E-state index contributed by atoms with van der Waals surface area (Å²) >= 11 is 0. The van der Waals surface area contributed by atoms with Crippen molar-refractivity contribution >= 4 is 11.9 Å². The Labute approximate surface area is 203 Å². The first-order chi connectivity index (χ1) is 16.6. The first kappa shape index (κ1) is 27.5. The van der Waals surface area contributed by atoms with E-state index in [1.165, 1.54) is 0 Å². The van der Waals surface area contributed by atoms with Crippen molar-refractivity contribution in [3.63, 3.8) is 0 Å².